The SMILES string of the molecule is Cc1ccc(-c2ccc(C(=O)N(C)[C@H]3CCN(C(=O)N(C)C4CCN(C(=O)CCc5ccc(F)cc5)C4)C3)cc2)cc1. The van der Waals surface area contributed by atoms with Gasteiger partial charge in [-0.3, -0.25) is 9.59 Å². The standard InChI is InChI=1S/C34H39FN4O3/c1-24-4-9-26(10-5-24)27-11-13-28(14-12-27)33(41)36(2)30-19-21-39(23-30)34(42)37(3)31-18-20-38(22-31)32(40)17-8-25-6-15-29(35)16-7-25/h4-7,9-16,30-31H,8,17-23H2,1-3H3/t30-,31?/m0/s1. The van der Waals surface area contributed by atoms with E-state index in [2.05, 4.69) is 31.2 Å². The first-order valence-corrected chi connectivity index (χ1v) is 14.7. The third-order valence-electron chi connectivity index (χ3n) is 8.73. The molecule has 220 valence electrons. The Morgan fingerprint density at radius 3 is 1.95 bits per heavy atom. The fourth-order valence-corrected chi connectivity index (χ4v) is 5.88. The number of halogens is 1. The van der Waals surface area contributed by atoms with E-state index in [-0.39, 0.29) is 35.7 Å². The van der Waals surface area contributed by atoms with Crippen molar-refractivity contribution in [3.05, 3.63) is 95.3 Å². The molecule has 0 radical (unpaired) electrons. The average Bonchev–Trinajstić information content (AvgIpc) is 3.71. The summed E-state index contributed by atoms with van der Waals surface area (Å²) in [6.45, 7) is 4.26. The van der Waals surface area contributed by atoms with Crippen molar-refractivity contribution in [3.8, 4) is 11.1 Å². The van der Waals surface area contributed by atoms with Crippen molar-refractivity contribution >= 4 is 17.8 Å². The minimum absolute atomic E-state index is 0.0438. The molecule has 2 heterocycles. The number of hydrogen-bond donors (Lipinski definition) is 0. The lowest BCUT2D eigenvalue weighted by molar-refractivity contribution is -0.130. The van der Waals surface area contributed by atoms with E-state index in [0.29, 0.717) is 44.6 Å². The van der Waals surface area contributed by atoms with Crippen LogP contribution in [0.1, 0.15) is 40.7 Å². The van der Waals surface area contributed by atoms with Gasteiger partial charge in [-0.25, -0.2) is 9.18 Å². The molecule has 1 unspecified atom stereocenters. The third kappa shape index (κ3) is 6.64. The summed E-state index contributed by atoms with van der Waals surface area (Å²) in [6.07, 6.45) is 2.38. The largest absolute Gasteiger partial charge is 0.341 e. The molecule has 0 N–H and O–H groups in total. The zero-order chi connectivity index (χ0) is 29.8. The zero-order valence-corrected chi connectivity index (χ0v) is 24.6. The normalized spacial score (nSPS) is 18.3. The molecule has 5 rings (SSSR count). The van der Waals surface area contributed by atoms with E-state index in [0.717, 1.165) is 29.5 Å². The van der Waals surface area contributed by atoms with Gasteiger partial charge in [-0.1, -0.05) is 54.1 Å². The van der Waals surface area contributed by atoms with Crippen molar-refractivity contribution in [2.45, 2.75) is 44.7 Å². The Labute approximate surface area is 247 Å². The molecule has 2 saturated heterocycles. The van der Waals surface area contributed by atoms with Crippen LogP contribution >= 0.6 is 0 Å². The fourth-order valence-electron chi connectivity index (χ4n) is 5.88. The predicted octanol–water partition coefficient (Wildman–Crippen LogP) is 5.23. The summed E-state index contributed by atoms with van der Waals surface area (Å²) < 4.78 is 13.1. The second kappa shape index (κ2) is 12.8. The Hall–Kier alpha value is -4.20. The topological polar surface area (TPSA) is 64.2 Å². The van der Waals surface area contributed by atoms with Crippen LogP contribution in [0, 0.1) is 12.7 Å². The van der Waals surface area contributed by atoms with Crippen LogP contribution in [0.4, 0.5) is 9.18 Å². The van der Waals surface area contributed by atoms with Crippen molar-refractivity contribution < 1.29 is 18.8 Å². The van der Waals surface area contributed by atoms with Gasteiger partial charge in [0, 0.05) is 52.3 Å². The first-order chi connectivity index (χ1) is 20.2. The number of amides is 4. The van der Waals surface area contributed by atoms with Gasteiger partial charge in [0.05, 0.1) is 12.1 Å². The summed E-state index contributed by atoms with van der Waals surface area (Å²) in [5, 5.41) is 0. The van der Waals surface area contributed by atoms with Gasteiger partial charge in [0.25, 0.3) is 5.91 Å². The van der Waals surface area contributed by atoms with Gasteiger partial charge in [0.15, 0.2) is 0 Å². The molecule has 3 aromatic carbocycles. The van der Waals surface area contributed by atoms with Crippen LogP contribution in [-0.2, 0) is 11.2 Å². The van der Waals surface area contributed by atoms with Crippen LogP contribution in [0.5, 0.6) is 0 Å². The maximum Gasteiger partial charge on any atom is 0.320 e. The van der Waals surface area contributed by atoms with E-state index in [1.54, 1.807) is 29.0 Å². The van der Waals surface area contributed by atoms with Gasteiger partial charge >= 0.3 is 6.03 Å². The highest BCUT2D eigenvalue weighted by molar-refractivity contribution is 5.95. The fraction of sp³-hybridized carbons (Fsp3) is 0.382. The molecule has 0 saturated carbocycles. The second-order valence-corrected chi connectivity index (χ2v) is 11.6. The summed E-state index contributed by atoms with van der Waals surface area (Å²) in [7, 11) is 3.61. The smallest absolute Gasteiger partial charge is 0.320 e. The van der Waals surface area contributed by atoms with Gasteiger partial charge in [-0.15, -0.1) is 0 Å². The van der Waals surface area contributed by atoms with Gasteiger partial charge < -0.3 is 19.6 Å². The van der Waals surface area contributed by atoms with Crippen molar-refractivity contribution in [1.29, 1.82) is 0 Å². The Bertz CT molecular complexity index is 1410. The van der Waals surface area contributed by atoms with E-state index >= 15 is 0 Å². The predicted molar refractivity (Wildman–Crippen MR) is 162 cm³/mol. The minimum Gasteiger partial charge on any atom is -0.341 e. The number of hydrogen-bond acceptors (Lipinski definition) is 3. The summed E-state index contributed by atoms with van der Waals surface area (Å²) in [5.41, 5.74) is 4.94. The Balaban J connectivity index is 1.10. The first-order valence-electron chi connectivity index (χ1n) is 14.7. The highest BCUT2D eigenvalue weighted by Gasteiger charge is 2.36. The van der Waals surface area contributed by atoms with Crippen LogP contribution in [0.2, 0.25) is 0 Å². The molecule has 0 aliphatic carbocycles. The molecule has 7 nitrogen and oxygen atoms in total. The van der Waals surface area contributed by atoms with Crippen molar-refractivity contribution in [2.24, 2.45) is 0 Å². The van der Waals surface area contributed by atoms with E-state index in [9.17, 15) is 18.8 Å². The number of likely N-dealkylation sites (tertiary alicyclic amines) is 2. The Morgan fingerprint density at radius 1 is 0.762 bits per heavy atom. The van der Waals surface area contributed by atoms with Crippen LogP contribution in [0.3, 0.4) is 0 Å². The maximum atomic E-state index is 13.4. The third-order valence-corrected chi connectivity index (χ3v) is 8.73. The number of nitrogens with zero attached hydrogens (tertiary/aromatic N) is 4. The van der Waals surface area contributed by atoms with Crippen LogP contribution in [-0.4, -0.2) is 89.8 Å². The number of urea groups is 1. The molecule has 2 aliphatic heterocycles. The van der Waals surface area contributed by atoms with Crippen LogP contribution < -0.4 is 0 Å². The molecule has 2 aliphatic rings. The van der Waals surface area contributed by atoms with Crippen molar-refractivity contribution in [2.75, 3.05) is 40.3 Å². The molecule has 0 aromatic heterocycles. The highest BCUT2D eigenvalue weighted by atomic mass is 19.1. The molecule has 3 aromatic rings. The molecular formula is C34H39FN4O3. The van der Waals surface area contributed by atoms with Gasteiger partial charge in [-0.2, -0.15) is 0 Å². The summed E-state index contributed by atoms with van der Waals surface area (Å²) >= 11 is 0. The molecule has 2 atom stereocenters. The molecule has 2 fully saturated rings. The number of rotatable bonds is 7. The monoisotopic (exact) mass is 570 g/mol. The highest BCUT2D eigenvalue weighted by Crippen LogP contribution is 2.24. The van der Waals surface area contributed by atoms with Gasteiger partial charge in [-0.05, 0) is 67.1 Å². The van der Waals surface area contributed by atoms with Crippen LogP contribution in [0.25, 0.3) is 11.1 Å². The van der Waals surface area contributed by atoms with E-state index in [1.165, 1.54) is 17.7 Å². The van der Waals surface area contributed by atoms with E-state index in [4.69, 9.17) is 0 Å². The first kappa shape index (κ1) is 29.3. The molecule has 8 heteroatoms. The van der Waals surface area contributed by atoms with Gasteiger partial charge in [0.2, 0.25) is 5.91 Å². The lowest BCUT2D eigenvalue weighted by Gasteiger charge is -2.30. The van der Waals surface area contributed by atoms with Crippen molar-refractivity contribution in [3.63, 3.8) is 0 Å². The number of carbonyl (C=O) groups excluding carboxylic acids is 3. The maximum absolute atomic E-state index is 13.4. The number of benzene rings is 3. The molecular weight excluding hydrogens is 531 g/mol. The van der Waals surface area contributed by atoms with E-state index in [1.807, 2.05) is 41.1 Å². The molecule has 42 heavy (non-hydrogen) atoms. The number of aryl methyl sites for hydroxylation is 2. The number of likely N-dealkylation sites (N-methyl/N-ethyl adjacent to an activating group) is 2. The molecule has 0 bridgehead atoms. The summed E-state index contributed by atoms with van der Waals surface area (Å²) in [5.74, 6) is -0.286. The lowest BCUT2D eigenvalue weighted by Crippen LogP contribution is -2.47. The zero-order valence-electron chi connectivity index (χ0n) is 24.6. The summed E-state index contributed by atoms with van der Waals surface area (Å²) in [6, 6.07) is 22.1. The summed E-state index contributed by atoms with van der Waals surface area (Å²) in [4.78, 5) is 46.5. The quantitative estimate of drug-likeness (QED) is 0.391. The Kier molecular flexibility index (Phi) is 8.90. The van der Waals surface area contributed by atoms with Crippen molar-refractivity contribution in [1.82, 2.24) is 19.6 Å². The number of carbonyl (C=O) groups is 3. The van der Waals surface area contributed by atoms with Gasteiger partial charge in [0.1, 0.15) is 5.82 Å². The van der Waals surface area contributed by atoms with E-state index < -0.39 is 0 Å². The average molecular weight is 571 g/mol. The Morgan fingerprint density at radius 2 is 1.31 bits per heavy atom. The lowest BCUT2D eigenvalue weighted by atomic mass is 10.0. The second-order valence-electron chi connectivity index (χ2n) is 11.6. The molecule has 0 spiro atoms. The van der Waals surface area contributed by atoms with Crippen LogP contribution in [0.15, 0.2) is 72.8 Å². The minimum atomic E-state index is -0.286. The molecule has 4 amide bonds.